The van der Waals surface area contributed by atoms with Crippen molar-refractivity contribution in [3.05, 3.63) is 53.1 Å². The maximum Gasteiger partial charge on any atom is 0.264 e. The van der Waals surface area contributed by atoms with Gasteiger partial charge in [-0.1, -0.05) is 25.3 Å². The van der Waals surface area contributed by atoms with Crippen LogP contribution in [0, 0.1) is 12.3 Å². The molecule has 1 N–H and O–H groups in total. The average molecular weight is 705 g/mol. The van der Waals surface area contributed by atoms with Gasteiger partial charge in [-0.2, -0.15) is 0 Å². The van der Waals surface area contributed by atoms with Crippen LogP contribution in [0.15, 0.2) is 36.4 Å². The highest BCUT2D eigenvalue weighted by Gasteiger charge is 2.48. The monoisotopic (exact) mass is 704 g/mol. The Morgan fingerprint density at radius 2 is 1.68 bits per heavy atom. The molecular weight excluding hydrogens is 649 g/mol. The molecule has 3 heterocycles. The van der Waals surface area contributed by atoms with E-state index < -0.39 is 26.6 Å². The van der Waals surface area contributed by atoms with Crippen molar-refractivity contribution < 1.29 is 22.7 Å². The van der Waals surface area contributed by atoms with E-state index in [0.29, 0.717) is 12.5 Å². The lowest BCUT2D eigenvalue weighted by Gasteiger charge is -2.46. The molecule has 3 aromatic rings. The third kappa shape index (κ3) is 6.82. The molecule has 2 saturated heterocycles. The standard InChI is InChI=1S/C40H56N4O5S/c1-27(2)50(47,48)41-37(45)30-14-16-33-34(25-30)43(26-39(4,5)38(46)44-21-11-18-40(44)19-22-42(6)23-20-40)36(35(33)29-12-9-8-10-13-29)32-17-15-31(49-7)24-28(32)3/h14-17,24-25,27,29H,8-13,18-23,26H2,1-7H3,(H,41,45). The number of aryl methyl sites for hydroxylation is 1. The zero-order valence-electron chi connectivity index (χ0n) is 31.1. The summed E-state index contributed by atoms with van der Waals surface area (Å²) in [6, 6.07) is 11.8. The summed E-state index contributed by atoms with van der Waals surface area (Å²) in [5, 5.41) is 0.313. The summed E-state index contributed by atoms with van der Waals surface area (Å²) in [5.41, 5.74) is 4.76. The summed E-state index contributed by atoms with van der Waals surface area (Å²) in [7, 11) is 0.0139. The number of rotatable bonds is 9. The molecule has 3 aliphatic rings. The molecule has 50 heavy (non-hydrogen) atoms. The third-order valence-corrected chi connectivity index (χ3v) is 13.5. The number of benzene rings is 2. The maximum absolute atomic E-state index is 14.8. The fourth-order valence-corrected chi connectivity index (χ4v) is 9.36. The molecule has 0 atom stereocenters. The highest BCUT2D eigenvalue weighted by Crippen LogP contribution is 2.47. The van der Waals surface area contributed by atoms with E-state index in [9.17, 15) is 18.0 Å². The number of amides is 2. The Bertz CT molecular complexity index is 1860. The number of hydrogen-bond acceptors (Lipinski definition) is 6. The number of carbonyl (C=O) groups is 2. The zero-order chi connectivity index (χ0) is 36.0. The lowest BCUT2D eigenvalue weighted by atomic mass is 9.81. The maximum atomic E-state index is 14.8. The second kappa shape index (κ2) is 14.0. The van der Waals surface area contributed by atoms with E-state index in [-0.39, 0.29) is 17.0 Å². The van der Waals surface area contributed by atoms with Gasteiger partial charge in [0.2, 0.25) is 15.9 Å². The number of ether oxygens (including phenoxy) is 1. The van der Waals surface area contributed by atoms with Gasteiger partial charge in [-0.25, -0.2) is 13.1 Å². The first-order chi connectivity index (χ1) is 23.7. The number of piperidine rings is 1. The van der Waals surface area contributed by atoms with Gasteiger partial charge in [-0.3, -0.25) is 9.59 Å². The van der Waals surface area contributed by atoms with Crippen molar-refractivity contribution in [2.24, 2.45) is 5.41 Å². The first-order valence-corrected chi connectivity index (χ1v) is 20.1. The number of hydrogen-bond donors (Lipinski definition) is 1. The molecule has 1 saturated carbocycles. The first kappa shape index (κ1) is 36.4. The minimum absolute atomic E-state index is 0.0879. The minimum atomic E-state index is -3.82. The summed E-state index contributed by atoms with van der Waals surface area (Å²) in [6.07, 6.45) is 9.74. The van der Waals surface area contributed by atoms with Crippen LogP contribution in [0.3, 0.4) is 0 Å². The summed E-state index contributed by atoms with van der Waals surface area (Å²) >= 11 is 0. The normalized spacial score (nSPS) is 19.1. The van der Waals surface area contributed by atoms with Crippen molar-refractivity contribution in [1.29, 1.82) is 0 Å². The smallest absolute Gasteiger partial charge is 0.264 e. The van der Waals surface area contributed by atoms with Gasteiger partial charge >= 0.3 is 0 Å². The van der Waals surface area contributed by atoms with E-state index in [4.69, 9.17) is 4.74 Å². The molecule has 2 aliphatic heterocycles. The van der Waals surface area contributed by atoms with Gasteiger partial charge in [0.1, 0.15) is 5.75 Å². The molecule has 272 valence electrons. The molecular formula is C40H56N4O5S. The summed E-state index contributed by atoms with van der Waals surface area (Å²) in [6.45, 7) is 12.5. The Balaban J connectivity index is 1.53. The van der Waals surface area contributed by atoms with Crippen molar-refractivity contribution in [3.63, 3.8) is 0 Å². The lowest BCUT2D eigenvalue weighted by Crippen LogP contribution is -2.56. The molecule has 0 radical (unpaired) electrons. The van der Waals surface area contributed by atoms with Crippen LogP contribution >= 0.6 is 0 Å². The molecule has 2 amide bonds. The fraction of sp³-hybridized carbons (Fsp3) is 0.600. The molecule has 0 bridgehead atoms. The molecule has 6 rings (SSSR count). The highest BCUT2D eigenvalue weighted by molar-refractivity contribution is 7.90. The number of nitrogens with one attached hydrogen (secondary N) is 1. The van der Waals surface area contributed by atoms with Gasteiger partial charge in [0.15, 0.2) is 0 Å². The van der Waals surface area contributed by atoms with Gasteiger partial charge < -0.3 is 19.1 Å². The van der Waals surface area contributed by atoms with E-state index >= 15 is 0 Å². The SMILES string of the molecule is COc1ccc(-c2c(C3CCCCC3)c3ccc(C(=O)NS(=O)(=O)C(C)C)cc3n2CC(C)(C)C(=O)N2CCCC23CCN(C)CC3)c(C)c1. The quantitative estimate of drug-likeness (QED) is 0.252. The van der Waals surface area contributed by atoms with E-state index in [1.807, 2.05) is 18.2 Å². The number of sulfonamides is 1. The summed E-state index contributed by atoms with van der Waals surface area (Å²) in [5.74, 6) is 0.637. The van der Waals surface area contributed by atoms with Crippen LogP contribution in [0.2, 0.25) is 0 Å². The van der Waals surface area contributed by atoms with Crippen LogP contribution in [0.4, 0.5) is 0 Å². The third-order valence-electron chi connectivity index (χ3n) is 11.8. The minimum Gasteiger partial charge on any atom is -0.497 e. The van der Waals surface area contributed by atoms with Gasteiger partial charge in [-0.15, -0.1) is 0 Å². The van der Waals surface area contributed by atoms with Crippen molar-refractivity contribution in [2.75, 3.05) is 33.8 Å². The zero-order valence-corrected chi connectivity index (χ0v) is 31.9. The van der Waals surface area contributed by atoms with E-state index in [2.05, 4.69) is 59.0 Å². The van der Waals surface area contributed by atoms with Crippen LogP contribution in [-0.4, -0.2) is 79.2 Å². The van der Waals surface area contributed by atoms with Gasteiger partial charge in [0, 0.05) is 53.7 Å². The Kier molecular flexibility index (Phi) is 10.2. The van der Waals surface area contributed by atoms with Crippen LogP contribution < -0.4 is 9.46 Å². The number of nitrogens with zero attached hydrogens (tertiary/aromatic N) is 3. The average Bonchev–Trinajstić information content (AvgIpc) is 3.63. The van der Waals surface area contributed by atoms with E-state index in [1.165, 1.54) is 12.0 Å². The van der Waals surface area contributed by atoms with Gasteiger partial charge in [0.05, 0.1) is 23.5 Å². The molecule has 1 aliphatic carbocycles. The molecule has 9 nitrogen and oxygen atoms in total. The Morgan fingerprint density at radius 1 is 0.980 bits per heavy atom. The molecule has 10 heteroatoms. The molecule has 1 spiro atoms. The van der Waals surface area contributed by atoms with Crippen molar-refractivity contribution in [1.82, 2.24) is 19.1 Å². The van der Waals surface area contributed by atoms with Crippen LogP contribution in [0.25, 0.3) is 22.2 Å². The number of fused-ring (bicyclic) bond motifs is 1. The fourth-order valence-electron chi connectivity index (χ4n) is 8.75. The second-order valence-corrected chi connectivity index (χ2v) is 18.3. The Labute approximate surface area is 298 Å². The summed E-state index contributed by atoms with van der Waals surface area (Å²) < 4.78 is 35.6. The topological polar surface area (TPSA) is 101 Å². The van der Waals surface area contributed by atoms with E-state index in [0.717, 1.165) is 104 Å². The number of carbonyl (C=O) groups excluding carboxylic acids is 2. The van der Waals surface area contributed by atoms with Crippen LogP contribution in [0.5, 0.6) is 5.75 Å². The number of methoxy groups -OCH3 is 1. The number of aromatic nitrogens is 1. The molecule has 2 aromatic carbocycles. The summed E-state index contributed by atoms with van der Waals surface area (Å²) in [4.78, 5) is 32.9. The first-order valence-electron chi connectivity index (χ1n) is 18.6. The van der Waals surface area contributed by atoms with Crippen molar-refractivity contribution in [2.45, 2.75) is 116 Å². The molecule has 3 fully saturated rings. The lowest BCUT2D eigenvalue weighted by molar-refractivity contribution is -0.147. The largest absolute Gasteiger partial charge is 0.497 e. The predicted molar refractivity (Wildman–Crippen MR) is 200 cm³/mol. The van der Waals surface area contributed by atoms with Crippen LogP contribution in [0.1, 0.15) is 113 Å². The Hall–Kier alpha value is -3.37. The second-order valence-electron chi connectivity index (χ2n) is 16.1. The van der Waals surface area contributed by atoms with Gasteiger partial charge in [-0.05, 0) is 128 Å². The van der Waals surface area contributed by atoms with Gasteiger partial charge in [0.25, 0.3) is 5.91 Å². The predicted octanol–water partition coefficient (Wildman–Crippen LogP) is 7.25. The van der Waals surface area contributed by atoms with E-state index in [1.54, 1.807) is 27.0 Å². The number of likely N-dealkylation sites (tertiary alicyclic amines) is 2. The molecule has 0 unspecified atom stereocenters. The highest BCUT2D eigenvalue weighted by atomic mass is 32.2. The Morgan fingerprint density at radius 3 is 2.32 bits per heavy atom. The van der Waals surface area contributed by atoms with Crippen molar-refractivity contribution in [3.8, 4) is 17.0 Å². The van der Waals surface area contributed by atoms with Crippen LogP contribution in [-0.2, 0) is 21.4 Å². The molecule has 1 aromatic heterocycles. The van der Waals surface area contributed by atoms with Crippen molar-refractivity contribution >= 4 is 32.7 Å².